The molecule has 3 aromatic rings. The van der Waals surface area contributed by atoms with Crippen molar-refractivity contribution in [3.63, 3.8) is 0 Å². The van der Waals surface area contributed by atoms with Gasteiger partial charge in [-0.1, -0.05) is 36.4 Å². The van der Waals surface area contributed by atoms with Crippen molar-refractivity contribution in [2.24, 2.45) is 0 Å². The second kappa shape index (κ2) is 7.29. The summed E-state index contributed by atoms with van der Waals surface area (Å²) in [5, 5.41) is 0. The van der Waals surface area contributed by atoms with E-state index in [4.69, 9.17) is 0 Å². The Labute approximate surface area is 176 Å². The standard InChI is InChI=1S/C24H22N2O3S/c27-24(19-8-2-1-3-9-19)25-16-14-20-17-21(12-13-22(20)25)30(28,29)26-15-6-10-18-7-4-5-11-23(18)26/h1-5,7-9,11-13,17H,6,10,14-16H2. The summed E-state index contributed by atoms with van der Waals surface area (Å²) < 4.78 is 28.4. The molecule has 2 aliphatic rings. The smallest absolute Gasteiger partial charge is 0.264 e. The quantitative estimate of drug-likeness (QED) is 0.645. The highest BCUT2D eigenvalue weighted by molar-refractivity contribution is 7.92. The van der Waals surface area contributed by atoms with Gasteiger partial charge in [0.1, 0.15) is 0 Å². The molecule has 2 aliphatic heterocycles. The van der Waals surface area contributed by atoms with E-state index < -0.39 is 10.0 Å². The Morgan fingerprint density at radius 3 is 2.37 bits per heavy atom. The van der Waals surface area contributed by atoms with Crippen molar-refractivity contribution < 1.29 is 13.2 Å². The maximum Gasteiger partial charge on any atom is 0.264 e. The van der Waals surface area contributed by atoms with E-state index in [1.807, 2.05) is 42.5 Å². The van der Waals surface area contributed by atoms with Gasteiger partial charge in [0.25, 0.3) is 15.9 Å². The molecule has 0 aromatic heterocycles. The molecule has 2 heterocycles. The predicted molar refractivity (Wildman–Crippen MR) is 118 cm³/mol. The minimum atomic E-state index is -3.66. The third-order valence-electron chi connectivity index (χ3n) is 5.87. The fraction of sp³-hybridized carbons (Fsp3) is 0.208. The second-order valence-corrected chi connectivity index (χ2v) is 9.54. The number of sulfonamides is 1. The van der Waals surface area contributed by atoms with E-state index in [0.717, 1.165) is 35.3 Å². The zero-order valence-corrected chi connectivity index (χ0v) is 17.3. The summed E-state index contributed by atoms with van der Waals surface area (Å²) in [7, 11) is -3.66. The Kier molecular flexibility index (Phi) is 4.59. The van der Waals surface area contributed by atoms with Crippen LogP contribution in [0, 0.1) is 0 Å². The van der Waals surface area contributed by atoms with Gasteiger partial charge in [0.2, 0.25) is 0 Å². The SMILES string of the molecule is O=C(c1ccccc1)N1CCc2cc(S(=O)(=O)N3CCCc4ccccc43)ccc21. The van der Waals surface area contributed by atoms with Gasteiger partial charge >= 0.3 is 0 Å². The molecule has 0 bridgehead atoms. The lowest BCUT2D eigenvalue weighted by atomic mass is 10.0. The molecule has 6 heteroatoms. The molecule has 0 unspecified atom stereocenters. The fourth-order valence-electron chi connectivity index (χ4n) is 4.36. The van der Waals surface area contributed by atoms with Crippen LogP contribution in [0.15, 0.2) is 77.7 Å². The number of fused-ring (bicyclic) bond motifs is 2. The highest BCUT2D eigenvalue weighted by Gasteiger charge is 2.31. The lowest BCUT2D eigenvalue weighted by molar-refractivity contribution is 0.0989. The maximum atomic E-state index is 13.4. The zero-order valence-electron chi connectivity index (χ0n) is 16.5. The highest BCUT2D eigenvalue weighted by Crippen LogP contribution is 2.35. The van der Waals surface area contributed by atoms with Crippen LogP contribution >= 0.6 is 0 Å². The molecular formula is C24H22N2O3S. The number of anilines is 2. The number of amides is 1. The Balaban J connectivity index is 1.48. The molecular weight excluding hydrogens is 396 g/mol. The van der Waals surface area contributed by atoms with E-state index in [-0.39, 0.29) is 10.8 Å². The van der Waals surface area contributed by atoms with Crippen molar-refractivity contribution in [1.29, 1.82) is 0 Å². The minimum absolute atomic E-state index is 0.0603. The first-order valence-corrected chi connectivity index (χ1v) is 11.6. The number of rotatable bonds is 3. The molecule has 0 saturated carbocycles. The Bertz CT molecular complexity index is 1220. The number of aryl methyl sites for hydroxylation is 1. The van der Waals surface area contributed by atoms with Gasteiger partial charge in [-0.2, -0.15) is 0 Å². The number of hydrogen-bond acceptors (Lipinski definition) is 3. The van der Waals surface area contributed by atoms with Gasteiger partial charge in [-0.05, 0) is 66.8 Å². The normalized spacial score (nSPS) is 15.6. The second-order valence-electron chi connectivity index (χ2n) is 7.67. The molecule has 0 fully saturated rings. The van der Waals surface area contributed by atoms with Gasteiger partial charge < -0.3 is 4.90 Å². The van der Waals surface area contributed by atoms with Crippen molar-refractivity contribution in [1.82, 2.24) is 0 Å². The summed E-state index contributed by atoms with van der Waals surface area (Å²) in [6, 6.07) is 22.0. The molecule has 0 N–H and O–H groups in total. The predicted octanol–water partition coefficient (Wildman–Crippen LogP) is 4.03. The van der Waals surface area contributed by atoms with Gasteiger partial charge in [-0.25, -0.2) is 8.42 Å². The van der Waals surface area contributed by atoms with Crippen LogP contribution in [0.1, 0.15) is 27.9 Å². The van der Waals surface area contributed by atoms with Crippen molar-refractivity contribution in [3.05, 3.63) is 89.5 Å². The van der Waals surface area contributed by atoms with Gasteiger partial charge in [-0.3, -0.25) is 9.10 Å². The molecule has 3 aromatic carbocycles. The first-order chi connectivity index (χ1) is 14.6. The third kappa shape index (κ3) is 3.08. The molecule has 1 amide bonds. The molecule has 0 aliphatic carbocycles. The highest BCUT2D eigenvalue weighted by atomic mass is 32.2. The van der Waals surface area contributed by atoms with Gasteiger partial charge in [-0.15, -0.1) is 0 Å². The van der Waals surface area contributed by atoms with Crippen LogP contribution in [-0.4, -0.2) is 27.4 Å². The van der Waals surface area contributed by atoms with Crippen LogP contribution in [0.5, 0.6) is 0 Å². The Morgan fingerprint density at radius 2 is 1.53 bits per heavy atom. The number of nitrogens with zero attached hydrogens (tertiary/aromatic N) is 2. The van der Waals surface area contributed by atoms with E-state index >= 15 is 0 Å². The topological polar surface area (TPSA) is 57.7 Å². The van der Waals surface area contributed by atoms with Crippen LogP contribution < -0.4 is 9.21 Å². The number of hydrogen-bond donors (Lipinski definition) is 0. The Hall–Kier alpha value is -3.12. The van der Waals surface area contributed by atoms with Crippen molar-refractivity contribution in [2.75, 3.05) is 22.3 Å². The van der Waals surface area contributed by atoms with Crippen LogP contribution in [-0.2, 0) is 22.9 Å². The molecule has 5 rings (SSSR count). The lowest BCUT2D eigenvalue weighted by Gasteiger charge is -2.30. The lowest BCUT2D eigenvalue weighted by Crippen LogP contribution is -2.35. The van der Waals surface area contributed by atoms with Gasteiger partial charge in [0.15, 0.2) is 0 Å². The molecule has 0 atom stereocenters. The summed E-state index contributed by atoms with van der Waals surface area (Å²) in [6.45, 7) is 1.04. The summed E-state index contributed by atoms with van der Waals surface area (Å²) in [6.07, 6.45) is 2.34. The molecule has 0 radical (unpaired) electrons. The van der Waals surface area contributed by atoms with E-state index in [1.54, 1.807) is 35.2 Å². The first kappa shape index (κ1) is 18.9. The summed E-state index contributed by atoms with van der Waals surface area (Å²) in [5.74, 6) is -0.0603. The first-order valence-electron chi connectivity index (χ1n) is 10.2. The van der Waals surface area contributed by atoms with E-state index in [1.165, 1.54) is 4.31 Å². The van der Waals surface area contributed by atoms with Crippen LogP contribution in [0.2, 0.25) is 0 Å². The zero-order chi connectivity index (χ0) is 20.7. The van der Waals surface area contributed by atoms with Gasteiger partial charge in [0.05, 0.1) is 10.6 Å². The fourth-order valence-corrected chi connectivity index (χ4v) is 5.95. The molecule has 5 nitrogen and oxygen atoms in total. The van der Waals surface area contributed by atoms with Crippen LogP contribution in [0.4, 0.5) is 11.4 Å². The largest absolute Gasteiger partial charge is 0.308 e. The number of carbonyl (C=O) groups excluding carboxylic acids is 1. The molecule has 152 valence electrons. The summed E-state index contributed by atoms with van der Waals surface area (Å²) in [4.78, 5) is 14.9. The minimum Gasteiger partial charge on any atom is -0.308 e. The molecule has 30 heavy (non-hydrogen) atoms. The van der Waals surface area contributed by atoms with E-state index in [9.17, 15) is 13.2 Å². The van der Waals surface area contributed by atoms with Crippen molar-refractivity contribution in [2.45, 2.75) is 24.2 Å². The monoisotopic (exact) mass is 418 g/mol. The average Bonchev–Trinajstić information content (AvgIpc) is 3.22. The summed E-state index contributed by atoms with van der Waals surface area (Å²) in [5.41, 5.74) is 4.15. The van der Waals surface area contributed by atoms with Crippen LogP contribution in [0.3, 0.4) is 0 Å². The van der Waals surface area contributed by atoms with E-state index in [0.29, 0.717) is 25.1 Å². The number of benzene rings is 3. The average molecular weight is 419 g/mol. The molecule has 0 saturated heterocycles. The van der Waals surface area contributed by atoms with Crippen LogP contribution in [0.25, 0.3) is 0 Å². The maximum absolute atomic E-state index is 13.4. The van der Waals surface area contributed by atoms with Gasteiger partial charge in [0, 0.05) is 24.3 Å². The molecule has 0 spiro atoms. The number of para-hydroxylation sites is 1. The third-order valence-corrected chi connectivity index (χ3v) is 7.68. The van der Waals surface area contributed by atoms with Crippen molar-refractivity contribution in [3.8, 4) is 0 Å². The number of carbonyl (C=O) groups is 1. The van der Waals surface area contributed by atoms with Crippen molar-refractivity contribution >= 4 is 27.3 Å². The summed E-state index contributed by atoms with van der Waals surface area (Å²) >= 11 is 0. The van der Waals surface area contributed by atoms with E-state index in [2.05, 4.69) is 0 Å². The Morgan fingerprint density at radius 1 is 0.767 bits per heavy atom.